The Kier molecular flexibility index (Phi) is 4.70. The van der Waals surface area contributed by atoms with E-state index in [9.17, 15) is 0 Å². The first-order valence-corrected chi connectivity index (χ1v) is 5.31. The van der Waals surface area contributed by atoms with Gasteiger partial charge in [0.15, 0.2) is 0 Å². The summed E-state index contributed by atoms with van der Waals surface area (Å²) in [7, 11) is 4.23. The Labute approximate surface area is 82.1 Å². The van der Waals surface area contributed by atoms with Gasteiger partial charge in [-0.25, -0.2) is 0 Å². The lowest BCUT2D eigenvalue weighted by molar-refractivity contribution is 0.0993. The molecular formula is C10H23N3. The van der Waals surface area contributed by atoms with Crippen LogP contribution in [-0.2, 0) is 0 Å². The number of nitrogens with one attached hydrogen (secondary N) is 1. The summed E-state index contributed by atoms with van der Waals surface area (Å²) in [5, 5.41) is 3.19. The van der Waals surface area contributed by atoms with Crippen molar-refractivity contribution in [3.8, 4) is 0 Å². The zero-order valence-corrected chi connectivity index (χ0v) is 9.21. The van der Waals surface area contributed by atoms with Crippen LogP contribution in [0, 0.1) is 0 Å². The Hall–Kier alpha value is -0.120. The molecule has 0 aromatic heterocycles. The maximum Gasteiger partial charge on any atom is 0.0195 e. The second-order valence-electron chi connectivity index (χ2n) is 4.10. The SMILES string of the molecule is CNCCCN1CCN(C)CC1C. The maximum atomic E-state index is 3.19. The summed E-state index contributed by atoms with van der Waals surface area (Å²) in [4.78, 5) is 5.01. The van der Waals surface area contributed by atoms with Crippen LogP contribution in [0.2, 0.25) is 0 Å². The molecule has 0 radical (unpaired) electrons. The number of likely N-dealkylation sites (N-methyl/N-ethyl adjacent to an activating group) is 1. The molecule has 1 atom stereocenters. The quantitative estimate of drug-likeness (QED) is 0.633. The highest BCUT2D eigenvalue weighted by Gasteiger charge is 2.20. The highest BCUT2D eigenvalue weighted by atomic mass is 15.3. The van der Waals surface area contributed by atoms with Crippen molar-refractivity contribution in [3.63, 3.8) is 0 Å². The van der Waals surface area contributed by atoms with Crippen LogP contribution >= 0.6 is 0 Å². The van der Waals surface area contributed by atoms with Gasteiger partial charge < -0.3 is 10.2 Å². The molecule has 0 aliphatic carbocycles. The van der Waals surface area contributed by atoms with Crippen molar-refractivity contribution in [1.82, 2.24) is 15.1 Å². The predicted molar refractivity (Wildman–Crippen MR) is 57.1 cm³/mol. The normalized spacial score (nSPS) is 26.5. The van der Waals surface area contributed by atoms with E-state index in [4.69, 9.17) is 0 Å². The first-order chi connectivity index (χ1) is 6.24. The minimum atomic E-state index is 0.732. The second-order valence-corrected chi connectivity index (χ2v) is 4.10. The molecule has 1 N–H and O–H groups in total. The lowest BCUT2D eigenvalue weighted by Gasteiger charge is -2.38. The van der Waals surface area contributed by atoms with Gasteiger partial charge in [-0.3, -0.25) is 4.90 Å². The predicted octanol–water partition coefficient (Wildman–Crippen LogP) is 0.232. The molecule has 1 rings (SSSR count). The van der Waals surface area contributed by atoms with E-state index in [1.54, 1.807) is 0 Å². The Morgan fingerprint density at radius 2 is 2.15 bits per heavy atom. The molecule has 3 nitrogen and oxygen atoms in total. The van der Waals surface area contributed by atoms with Crippen LogP contribution in [-0.4, -0.2) is 62.7 Å². The van der Waals surface area contributed by atoms with E-state index < -0.39 is 0 Å². The number of rotatable bonds is 4. The van der Waals surface area contributed by atoms with Gasteiger partial charge in [-0.1, -0.05) is 0 Å². The standard InChI is InChI=1S/C10H23N3/c1-10-9-12(3)7-8-13(10)6-4-5-11-2/h10-11H,4-9H2,1-3H3. The molecule has 1 unspecified atom stereocenters. The van der Waals surface area contributed by atoms with Crippen molar-refractivity contribution in [2.24, 2.45) is 0 Å². The van der Waals surface area contributed by atoms with Crippen LogP contribution in [0.15, 0.2) is 0 Å². The van der Waals surface area contributed by atoms with E-state index in [1.165, 1.54) is 32.6 Å². The first kappa shape index (κ1) is 11.0. The minimum Gasteiger partial charge on any atom is -0.320 e. The van der Waals surface area contributed by atoms with E-state index >= 15 is 0 Å². The summed E-state index contributed by atoms with van der Waals surface area (Å²) in [5.41, 5.74) is 0. The third-order valence-corrected chi connectivity index (χ3v) is 2.84. The molecular weight excluding hydrogens is 162 g/mol. The number of nitrogens with zero attached hydrogens (tertiary/aromatic N) is 2. The van der Waals surface area contributed by atoms with Crippen molar-refractivity contribution in [1.29, 1.82) is 0 Å². The highest BCUT2D eigenvalue weighted by molar-refractivity contribution is 4.76. The van der Waals surface area contributed by atoms with Crippen molar-refractivity contribution in [2.75, 3.05) is 46.8 Å². The van der Waals surface area contributed by atoms with Gasteiger partial charge in [0.2, 0.25) is 0 Å². The molecule has 0 saturated carbocycles. The van der Waals surface area contributed by atoms with Crippen LogP contribution in [0.5, 0.6) is 0 Å². The molecule has 0 bridgehead atoms. The fourth-order valence-electron chi connectivity index (χ4n) is 1.97. The molecule has 1 heterocycles. The van der Waals surface area contributed by atoms with E-state index in [0.717, 1.165) is 12.6 Å². The van der Waals surface area contributed by atoms with Crippen LogP contribution in [0.3, 0.4) is 0 Å². The van der Waals surface area contributed by atoms with Gasteiger partial charge >= 0.3 is 0 Å². The molecule has 3 heteroatoms. The molecule has 0 aromatic rings. The van der Waals surface area contributed by atoms with Gasteiger partial charge in [0.1, 0.15) is 0 Å². The van der Waals surface area contributed by atoms with Crippen molar-refractivity contribution in [2.45, 2.75) is 19.4 Å². The Morgan fingerprint density at radius 1 is 1.38 bits per heavy atom. The number of hydrogen-bond acceptors (Lipinski definition) is 3. The summed E-state index contributed by atoms with van der Waals surface area (Å²) < 4.78 is 0. The Morgan fingerprint density at radius 3 is 2.77 bits per heavy atom. The summed E-state index contributed by atoms with van der Waals surface area (Å²) in [6.45, 7) is 8.40. The zero-order valence-electron chi connectivity index (χ0n) is 9.21. The van der Waals surface area contributed by atoms with Gasteiger partial charge in [0, 0.05) is 25.7 Å². The molecule has 1 fully saturated rings. The zero-order chi connectivity index (χ0) is 9.68. The Balaban J connectivity index is 2.18. The van der Waals surface area contributed by atoms with Crippen molar-refractivity contribution < 1.29 is 0 Å². The average molecular weight is 185 g/mol. The van der Waals surface area contributed by atoms with Crippen molar-refractivity contribution >= 4 is 0 Å². The molecule has 0 aromatic carbocycles. The van der Waals surface area contributed by atoms with Crippen LogP contribution in [0.1, 0.15) is 13.3 Å². The van der Waals surface area contributed by atoms with E-state index in [-0.39, 0.29) is 0 Å². The van der Waals surface area contributed by atoms with E-state index in [1.807, 2.05) is 7.05 Å². The maximum absolute atomic E-state index is 3.19. The third-order valence-electron chi connectivity index (χ3n) is 2.84. The summed E-state index contributed by atoms with van der Waals surface area (Å²) in [6.07, 6.45) is 1.27. The fourth-order valence-corrected chi connectivity index (χ4v) is 1.97. The summed E-state index contributed by atoms with van der Waals surface area (Å²) >= 11 is 0. The number of hydrogen-bond donors (Lipinski definition) is 1. The lowest BCUT2D eigenvalue weighted by atomic mass is 10.2. The smallest absolute Gasteiger partial charge is 0.0195 e. The van der Waals surface area contributed by atoms with Crippen LogP contribution in [0.25, 0.3) is 0 Å². The highest BCUT2D eigenvalue weighted by Crippen LogP contribution is 2.07. The molecule has 1 aliphatic rings. The fraction of sp³-hybridized carbons (Fsp3) is 1.00. The van der Waals surface area contributed by atoms with Gasteiger partial charge in [-0.2, -0.15) is 0 Å². The monoisotopic (exact) mass is 185 g/mol. The van der Waals surface area contributed by atoms with E-state index in [0.29, 0.717) is 0 Å². The molecule has 78 valence electrons. The molecule has 13 heavy (non-hydrogen) atoms. The Bertz CT molecular complexity index is 138. The van der Waals surface area contributed by atoms with Gasteiger partial charge in [0.05, 0.1) is 0 Å². The average Bonchev–Trinajstić information content (AvgIpc) is 2.09. The topological polar surface area (TPSA) is 18.5 Å². The van der Waals surface area contributed by atoms with Crippen molar-refractivity contribution in [3.05, 3.63) is 0 Å². The molecule has 1 saturated heterocycles. The van der Waals surface area contributed by atoms with Gasteiger partial charge in [-0.15, -0.1) is 0 Å². The second kappa shape index (κ2) is 5.58. The summed E-state index contributed by atoms with van der Waals surface area (Å²) in [6, 6.07) is 0.732. The van der Waals surface area contributed by atoms with Crippen LogP contribution < -0.4 is 5.32 Å². The third kappa shape index (κ3) is 3.63. The largest absolute Gasteiger partial charge is 0.320 e. The molecule has 0 spiro atoms. The molecule has 0 amide bonds. The van der Waals surface area contributed by atoms with Gasteiger partial charge in [0.25, 0.3) is 0 Å². The number of piperazine rings is 1. The van der Waals surface area contributed by atoms with Gasteiger partial charge in [-0.05, 0) is 40.5 Å². The minimum absolute atomic E-state index is 0.732. The summed E-state index contributed by atoms with van der Waals surface area (Å²) in [5.74, 6) is 0. The first-order valence-electron chi connectivity index (χ1n) is 5.31. The van der Waals surface area contributed by atoms with Crippen LogP contribution in [0.4, 0.5) is 0 Å². The lowest BCUT2D eigenvalue weighted by Crippen LogP contribution is -2.50. The van der Waals surface area contributed by atoms with E-state index in [2.05, 4.69) is 29.1 Å². The molecule has 1 aliphatic heterocycles.